The monoisotopic (exact) mass is 312 g/mol. The van der Waals surface area contributed by atoms with Crippen LogP contribution in [0.15, 0.2) is 22.7 Å². The van der Waals surface area contributed by atoms with Gasteiger partial charge in [0.25, 0.3) is 0 Å². The molecule has 1 N–H and O–H groups in total. The van der Waals surface area contributed by atoms with E-state index in [4.69, 9.17) is 0 Å². The third kappa shape index (κ3) is 4.62. The fourth-order valence-electron chi connectivity index (χ4n) is 1.93. The lowest BCUT2D eigenvalue weighted by Crippen LogP contribution is -2.24. The van der Waals surface area contributed by atoms with Crippen LogP contribution >= 0.6 is 15.9 Å². The molecule has 0 radical (unpaired) electrons. The Kier molecular flexibility index (Phi) is 6.72. The van der Waals surface area contributed by atoms with Crippen LogP contribution in [0, 0.1) is 0 Å². The van der Waals surface area contributed by atoms with Crippen molar-refractivity contribution < 1.29 is 0 Å². The molecule has 0 unspecified atom stereocenters. The summed E-state index contributed by atoms with van der Waals surface area (Å²) in [7, 11) is 0. The maximum Gasteiger partial charge on any atom is 0.0377 e. The molecule has 0 heterocycles. The van der Waals surface area contributed by atoms with Gasteiger partial charge in [-0.2, -0.15) is 0 Å². The zero-order valence-electron chi connectivity index (χ0n) is 12.0. The summed E-state index contributed by atoms with van der Waals surface area (Å²) in [4.78, 5) is 2.41. The average Bonchev–Trinajstić information content (AvgIpc) is 2.34. The van der Waals surface area contributed by atoms with E-state index >= 15 is 0 Å². The van der Waals surface area contributed by atoms with E-state index in [1.54, 1.807) is 0 Å². The van der Waals surface area contributed by atoms with Crippen molar-refractivity contribution in [2.24, 2.45) is 0 Å². The largest absolute Gasteiger partial charge is 0.372 e. The smallest absolute Gasteiger partial charge is 0.0377 e. The highest BCUT2D eigenvalue weighted by atomic mass is 79.9. The predicted octanol–water partition coefficient (Wildman–Crippen LogP) is 4.18. The van der Waals surface area contributed by atoms with Crippen molar-refractivity contribution in [2.45, 2.75) is 46.7 Å². The fourth-order valence-corrected chi connectivity index (χ4v) is 2.44. The highest BCUT2D eigenvalue weighted by Crippen LogP contribution is 2.24. The fraction of sp³-hybridized carbons (Fsp3) is 0.600. The second kappa shape index (κ2) is 7.80. The summed E-state index contributed by atoms with van der Waals surface area (Å²) in [6.07, 6.45) is 1.18. The first-order valence-corrected chi connectivity index (χ1v) is 7.64. The molecule has 0 spiro atoms. The Balaban J connectivity index is 2.77. The SMILES string of the molecule is CCCN(CC)c1ccc(CNC(C)C)c(Br)c1. The van der Waals surface area contributed by atoms with Crippen LogP contribution < -0.4 is 10.2 Å². The third-order valence-corrected chi connectivity index (χ3v) is 3.72. The Morgan fingerprint density at radius 2 is 2.00 bits per heavy atom. The highest BCUT2D eigenvalue weighted by Gasteiger charge is 2.06. The van der Waals surface area contributed by atoms with Gasteiger partial charge in [0, 0.05) is 35.8 Å². The minimum absolute atomic E-state index is 0.517. The van der Waals surface area contributed by atoms with Gasteiger partial charge in [-0.3, -0.25) is 0 Å². The lowest BCUT2D eigenvalue weighted by atomic mass is 10.2. The van der Waals surface area contributed by atoms with Crippen LogP contribution in [-0.2, 0) is 6.54 Å². The van der Waals surface area contributed by atoms with E-state index in [9.17, 15) is 0 Å². The van der Waals surface area contributed by atoms with Crippen molar-refractivity contribution in [3.05, 3.63) is 28.2 Å². The number of hydrogen-bond donors (Lipinski definition) is 1. The van der Waals surface area contributed by atoms with Crippen molar-refractivity contribution in [3.63, 3.8) is 0 Å². The number of nitrogens with one attached hydrogen (secondary N) is 1. The molecular formula is C15H25BrN2. The maximum atomic E-state index is 3.68. The molecule has 2 nitrogen and oxygen atoms in total. The summed E-state index contributed by atoms with van der Waals surface area (Å²) in [5, 5.41) is 3.45. The minimum Gasteiger partial charge on any atom is -0.372 e. The lowest BCUT2D eigenvalue weighted by Gasteiger charge is -2.23. The van der Waals surface area contributed by atoms with Gasteiger partial charge in [-0.1, -0.05) is 42.8 Å². The van der Waals surface area contributed by atoms with Crippen LogP contribution in [0.3, 0.4) is 0 Å². The van der Waals surface area contributed by atoms with Gasteiger partial charge in [0.15, 0.2) is 0 Å². The molecule has 18 heavy (non-hydrogen) atoms. The van der Waals surface area contributed by atoms with E-state index < -0.39 is 0 Å². The van der Waals surface area contributed by atoms with Crippen LogP contribution in [0.25, 0.3) is 0 Å². The molecule has 1 aromatic carbocycles. The minimum atomic E-state index is 0.517. The Bertz CT molecular complexity index is 364. The molecule has 0 aliphatic carbocycles. The first kappa shape index (κ1) is 15.5. The average molecular weight is 313 g/mol. The topological polar surface area (TPSA) is 15.3 Å². The van der Waals surface area contributed by atoms with Gasteiger partial charge >= 0.3 is 0 Å². The summed E-state index contributed by atoms with van der Waals surface area (Å²) in [6, 6.07) is 7.19. The Labute approximate surface area is 120 Å². The van der Waals surface area contributed by atoms with Crippen LogP contribution in [0.4, 0.5) is 5.69 Å². The summed E-state index contributed by atoms with van der Waals surface area (Å²) in [5.41, 5.74) is 2.62. The molecule has 1 aromatic rings. The Morgan fingerprint density at radius 1 is 1.28 bits per heavy atom. The lowest BCUT2D eigenvalue weighted by molar-refractivity contribution is 0.588. The van der Waals surface area contributed by atoms with Gasteiger partial charge < -0.3 is 10.2 Å². The first-order chi connectivity index (χ1) is 8.58. The number of anilines is 1. The molecule has 0 atom stereocenters. The number of halogens is 1. The quantitative estimate of drug-likeness (QED) is 0.812. The van der Waals surface area contributed by atoms with Crippen molar-refractivity contribution >= 4 is 21.6 Å². The molecule has 3 heteroatoms. The normalized spacial score (nSPS) is 11.0. The van der Waals surface area contributed by atoms with Gasteiger partial charge in [0.1, 0.15) is 0 Å². The zero-order valence-corrected chi connectivity index (χ0v) is 13.5. The number of nitrogens with zero attached hydrogens (tertiary/aromatic N) is 1. The molecule has 0 aromatic heterocycles. The van der Waals surface area contributed by atoms with E-state index in [1.807, 2.05) is 0 Å². The number of hydrogen-bond acceptors (Lipinski definition) is 2. The summed E-state index contributed by atoms with van der Waals surface area (Å²) in [5.74, 6) is 0. The summed E-state index contributed by atoms with van der Waals surface area (Å²) in [6.45, 7) is 11.9. The molecule has 1 rings (SSSR count). The Hall–Kier alpha value is -0.540. The molecule has 102 valence electrons. The van der Waals surface area contributed by atoms with Gasteiger partial charge in [-0.25, -0.2) is 0 Å². The molecule has 0 amide bonds. The van der Waals surface area contributed by atoms with Crippen LogP contribution in [-0.4, -0.2) is 19.1 Å². The maximum absolute atomic E-state index is 3.68. The van der Waals surface area contributed by atoms with E-state index in [2.05, 4.69) is 72.0 Å². The van der Waals surface area contributed by atoms with Crippen LogP contribution in [0.5, 0.6) is 0 Å². The van der Waals surface area contributed by atoms with Crippen LogP contribution in [0.2, 0.25) is 0 Å². The van der Waals surface area contributed by atoms with Gasteiger partial charge in [-0.15, -0.1) is 0 Å². The van der Waals surface area contributed by atoms with Gasteiger partial charge in [0.05, 0.1) is 0 Å². The zero-order chi connectivity index (χ0) is 13.5. The van der Waals surface area contributed by atoms with Crippen molar-refractivity contribution in [1.29, 1.82) is 0 Å². The van der Waals surface area contributed by atoms with Gasteiger partial charge in [-0.05, 0) is 31.0 Å². The first-order valence-electron chi connectivity index (χ1n) is 6.85. The second-order valence-corrected chi connectivity index (χ2v) is 5.75. The second-order valence-electron chi connectivity index (χ2n) is 4.89. The third-order valence-electron chi connectivity index (χ3n) is 2.98. The van der Waals surface area contributed by atoms with E-state index in [0.717, 1.165) is 19.6 Å². The number of rotatable bonds is 7. The summed E-state index contributed by atoms with van der Waals surface area (Å²) < 4.78 is 1.20. The molecule has 0 bridgehead atoms. The predicted molar refractivity (Wildman–Crippen MR) is 84.3 cm³/mol. The van der Waals surface area contributed by atoms with Crippen molar-refractivity contribution in [1.82, 2.24) is 5.32 Å². The molecule has 0 fully saturated rings. The molecule has 0 aliphatic rings. The Morgan fingerprint density at radius 3 is 2.50 bits per heavy atom. The van der Waals surface area contributed by atoms with E-state index in [1.165, 1.54) is 22.1 Å². The van der Waals surface area contributed by atoms with Crippen LogP contribution in [0.1, 0.15) is 39.7 Å². The standard InChI is InChI=1S/C15H25BrN2/c1-5-9-18(6-2)14-8-7-13(15(16)10-14)11-17-12(3)4/h7-8,10,12,17H,5-6,9,11H2,1-4H3. The van der Waals surface area contributed by atoms with E-state index in [-0.39, 0.29) is 0 Å². The number of benzene rings is 1. The summed E-state index contributed by atoms with van der Waals surface area (Å²) >= 11 is 3.68. The molecule has 0 saturated heterocycles. The molecule has 0 saturated carbocycles. The van der Waals surface area contributed by atoms with Crippen molar-refractivity contribution in [3.8, 4) is 0 Å². The van der Waals surface area contributed by atoms with Gasteiger partial charge in [0.2, 0.25) is 0 Å². The molecular weight excluding hydrogens is 288 g/mol. The van der Waals surface area contributed by atoms with Crippen molar-refractivity contribution in [2.75, 3.05) is 18.0 Å². The molecule has 0 aliphatic heterocycles. The van der Waals surface area contributed by atoms with E-state index in [0.29, 0.717) is 6.04 Å². The highest BCUT2D eigenvalue weighted by molar-refractivity contribution is 9.10.